The maximum Gasteiger partial charge on any atom is 0.340 e. The Morgan fingerprint density at radius 2 is 2.25 bits per heavy atom. The smallest absolute Gasteiger partial charge is 0.340 e. The third-order valence-corrected chi connectivity index (χ3v) is 3.79. The highest BCUT2D eigenvalue weighted by Gasteiger charge is 2.18. The highest BCUT2D eigenvalue weighted by molar-refractivity contribution is 7.09. The highest BCUT2D eigenvalue weighted by Crippen LogP contribution is 2.26. The molecule has 0 spiro atoms. The van der Waals surface area contributed by atoms with E-state index in [0.717, 1.165) is 6.42 Å². The van der Waals surface area contributed by atoms with Crippen LogP contribution in [0, 0.1) is 5.82 Å². The van der Waals surface area contributed by atoms with E-state index in [4.69, 9.17) is 10.8 Å². The van der Waals surface area contributed by atoms with Crippen LogP contribution in [-0.2, 0) is 6.42 Å². The Bertz CT molecular complexity index is 614. The number of carbonyl (C=O) groups is 1. The molecule has 4 N–H and O–H groups in total. The van der Waals surface area contributed by atoms with Gasteiger partial charge in [-0.3, -0.25) is 0 Å². The first kappa shape index (κ1) is 14.3. The molecule has 0 saturated heterocycles. The minimum atomic E-state index is -1.24. The number of halogens is 1. The summed E-state index contributed by atoms with van der Waals surface area (Å²) in [5.41, 5.74) is 5.27. The van der Waals surface area contributed by atoms with Crippen molar-refractivity contribution in [2.45, 2.75) is 19.4 Å². The van der Waals surface area contributed by atoms with Crippen molar-refractivity contribution < 1.29 is 14.3 Å². The maximum atomic E-state index is 13.3. The molecule has 20 heavy (non-hydrogen) atoms. The average Bonchev–Trinajstić information content (AvgIpc) is 2.86. The number of carboxylic acid groups (broad SMARTS) is 1. The number of hydrogen-bond donors (Lipinski definition) is 3. The van der Waals surface area contributed by atoms with Crippen LogP contribution >= 0.6 is 11.3 Å². The Morgan fingerprint density at radius 1 is 1.50 bits per heavy atom. The fourth-order valence-corrected chi connectivity index (χ4v) is 2.83. The molecule has 4 nitrogen and oxygen atoms in total. The molecule has 0 aliphatic carbocycles. The zero-order valence-electron chi connectivity index (χ0n) is 10.9. The van der Waals surface area contributed by atoms with Gasteiger partial charge in [-0.05, 0) is 30.5 Å². The van der Waals surface area contributed by atoms with E-state index in [1.165, 1.54) is 17.0 Å². The van der Waals surface area contributed by atoms with E-state index >= 15 is 0 Å². The van der Waals surface area contributed by atoms with Gasteiger partial charge < -0.3 is 16.2 Å². The molecule has 106 valence electrons. The summed E-state index contributed by atoms with van der Waals surface area (Å²) in [4.78, 5) is 12.4. The minimum Gasteiger partial charge on any atom is -0.478 e. The third kappa shape index (κ3) is 3.08. The molecule has 1 atom stereocenters. The number of nitrogen functional groups attached to an aromatic ring is 1. The summed E-state index contributed by atoms with van der Waals surface area (Å²) in [6, 6.07) is 6.56. The van der Waals surface area contributed by atoms with E-state index < -0.39 is 11.8 Å². The fourth-order valence-electron chi connectivity index (χ4n) is 1.99. The lowest BCUT2D eigenvalue weighted by molar-refractivity contribution is 0.0698. The molecule has 1 aromatic heterocycles. The van der Waals surface area contributed by atoms with E-state index in [1.807, 2.05) is 24.4 Å². The van der Waals surface area contributed by atoms with Crippen LogP contribution in [0.2, 0.25) is 0 Å². The van der Waals surface area contributed by atoms with Gasteiger partial charge >= 0.3 is 5.97 Å². The zero-order valence-corrected chi connectivity index (χ0v) is 11.7. The summed E-state index contributed by atoms with van der Waals surface area (Å²) in [5.74, 6) is -1.97. The van der Waals surface area contributed by atoms with Gasteiger partial charge in [0.2, 0.25) is 0 Å². The topological polar surface area (TPSA) is 75.3 Å². The summed E-state index contributed by atoms with van der Waals surface area (Å²) in [5, 5.41) is 14.2. The Balaban J connectivity index is 2.20. The van der Waals surface area contributed by atoms with Crippen LogP contribution in [-0.4, -0.2) is 17.1 Å². The van der Waals surface area contributed by atoms with E-state index in [1.54, 1.807) is 11.3 Å². The van der Waals surface area contributed by atoms with Crippen molar-refractivity contribution in [3.05, 3.63) is 45.9 Å². The zero-order chi connectivity index (χ0) is 14.7. The van der Waals surface area contributed by atoms with E-state index in [0.29, 0.717) is 5.69 Å². The van der Waals surface area contributed by atoms with Gasteiger partial charge in [0.25, 0.3) is 0 Å². The minimum absolute atomic E-state index is 0.0108. The monoisotopic (exact) mass is 294 g/mol. The van der Waals surface area contributed by atoms with Crippen LogP contribution in [0.15, 0.2) is 29.6 Å². The standard InChI is InChI=1S/C14H15FN2O2S/c1-8(7-9-3-2-6-20-9)17-11-5-4-10(15)13(16)12(11)14(18)19/h2-6,8,17H,7,16H2,1H3,(H,18,19). The normalized spacial score (nSPS) is 12.1. The van der Waals surface area contributed by atoms with Gasteiger partial charge in [-0.15, -0.1) is 11.3 Å². The number of nitrogens with two attached hydrogens (primary N) is 1. The lowest BCUT2D eigenvalue weighted by Gasteiger charge is -2.17. The van der Waals surface area contributed by atoms with Crippen molar-refractivity contribution in [1.29, 1.82) is 0 Å². The largest absolute Gasteiger partial charge is 0.478 e. The molecule has 6 heteroatoms. The van der Waals surface area contributed by atoms with Crippen molar-refractivity contribution in [2.75, 3.05) is 11.1 Å². The van der Waals surface area contributed by atoms with Crippen LogP contribution in [0.5, 0.6) is 0 Å². The third-order valence-electron chi connectivity index (χ3n) is 2.90. The first-order chi connectivity index (χ1) is 9.49. The van der Waals surface area contributed by atoms with Crippen LogP contribution in [0.4, 0.5) is 15.8 Å². The first-order valence-electron chi connectivity index (χ1n) is 6.09. The van der Waals surface area contributed by atoms with Crippen molar-refractivity contribution in [2.24, 2.45) is 0 Å². The summed E-state index contributed by atoms with van der Waals surface area (Å²) in [6.45, 7) is 1.94. The van der Waals surface area contributed by atoms with Crippen molar-refractivity contribution >= 4 is 28.7 Å². The molecule has 0 radical (unpaired) electrons. The molecule has 0 aliphatic rings. The fraction of sp³-hybridized carbons (Fsp3) is 0.214. The van der Waals surface area contributed by atoms with Gasteiger partial charge in [0, 0.05) is 17.3 Å². The Labute approximate surface area is 120 Å². The van der Waals surface area contributed by atoms with Crippen molar-refractivity contribution in [1.82, 2.24) is 0 Å². The van der Waals surface area contributed by atoms with E-state index in [9.17, 15) is 9.18 Å². The van der Waals surface area contributed by atoms with Gasteiger partial charge in [0.1, 0.15) is 11.4 Å². The predicted octanol–water partition coefficient (Wildman–Crippen LogP) is 3.21. The first-order valence-corrected chi connectivity index (χ1v) is 6.97. The number of benzene rings is 1. The van der Waals surface area contributed by atoms with Crippen LogP contribution in [0.25, 0.3) is 0 Å². The Hall–Kier alpha value is -2.08. The second-order valence-corrected chi connectivity index (χ2v) is 5.55. The van der Waals surface area contributed by atoms with Gasteiger partial charge in [-0.1, -0.05) is 6.07 Å². The molecule has 0 bridgehead atoms. The van der Waals surface area contributed by atoms with Crippen molar-refractivity contribution in [3.63, 3.8) is 0 Å². The number of aromatic carboxylic acids is 1. The molecular weight excluding hydrogens is 279 g/mol. The average molecular weight is 294 g/mol. The number of anilines is 2. The van der Waals surface area contributed by atoms with Crippen LogP contribution in [0.1, 0.15) is 22.2 Å². The lowest BCUT2D eigenvalue weighted by atomic mass is 10.1. The molecule has 0 amide bonds. The quantitative estimate of drug-likeness (QED) is 0.740. The Morgan fingerprint density at radius 3 is 2.85 bits per heavy atom. The summed E-state index contributed by atoms with van der Waals surface area (Å²) in [7, 11) is 0. The molecule has 1 unspecified atom stereocenters. The van der Waals surface area contributed by atoms with Gasteiger partial charge in [0.15, 0.2) is 0 Å². The summed E-state index contributed by atoms with van der Waals surface area (Å²) < 4.78 is 13.3. The SMILES string of the molecule is CC(Cc1cccs1)Nc1ccc(F)c(N)c1C(=O)O. The van der Waals surface area contributed by atoms with Gasteiger partial charge in [-0.25, -0.2) is 9.18 Å². The number of hydrogen-bond acceptors (Lipinski definition) is 4. The lowest BCUT2D eigenvalue weighted by Crippen LogP contribution is -2.20. The molecule has 0 saturated carbocycles. The van der Waals surface area contributed by atoms with Crippen LogP contribution in [0.3, 0.4) is 0 Å². The number of rotatable bonds is 5. The molecule has 2 rings (SSSR count). The summed E-state index contributed by atoms with van der Waals surface area (Å²) >= 11 is 1.64. The van der Waals surface area contributed by atoms with Gasteiger partial charge in [-0.2, -0.15) is 0 Å². The number of carboxylic acids is 1. The highest BCUT2D eigenvalue weighted by atomic mass is 32.1. The second kappa shape index (κ2) is 5.92. The molecule has 1 aromatic carbocycles. The maximum absolute atomic E-state index is 13.3. The van der Waals surface area contributed by atoms with E-state index in [-0.39, 0.29) is 17.3 Å². The van der Waals surface area contributed by atoms with Crippen LogP contribution < -0.4 is 11.1 Å². The van der Waals surface area contributed by atoms with Gasteiger partial charge in [0.05, 0.1) is 11.4 Å². The number of thiophene rings is 1. The van der Waals surface area contributed by atoms with E-state index in [2.05, 4.69) is 5.32 Å². The predicted molar refractivity (Wildman–Crippen MR) is 78.9 cm³/mol. The summed E-state index contributed by atoms with van der Waals surface area (Å²) in [6.07, 6.45) is 0.758. The second-order valence-electron chi connectivity index (χ2n) is 4.52. The molecule has 0 aliphatic heterocycles. The molecule has 2 aromatic rings. The molecule has 1 heterocycles. The molecular formula is C14H15FN2O2S. The molecule has 0 fully saturated rings. The number of nitrogens with one attached hydrogen (secondary N) is 1. The Kier molecular flexibility index (Phi) is 4.24. The van der Waals surface area contributed by atoms with Crippen molar-refractivity contribution in [3.8, 4) is 0 Å².